The molecule has 0 radical (unpaired) electrons. The lowest BCUT2D eigenvalue weighted by molar-refractivity contribution is 0.415. The first kappa shape index (κ1) is 13.4. The molecule has 4 nitrogen and oxygen atoms in total. The number of nitrogens with zero attached hydrogens (tertiary/aromatic N) is 3. The van der Waals surface area contributed by atoms with Crippen molar-refractivity contribution in [2.75, 3.05) is 28.3 Å². The molecule has 17 heavy (non-hydrogen) atoms. The Morgan fingerprint density at radius 2 is 1.82 bits per heavy atom. The van der Waals surface area contributed by atoms with E-state index in [1.807, 2.05) is 50.3 Å². The van der Waals surface area contributed by atoms with Crippen LogP contribution in [0.5, 0.6) is 5.75 Å². The number of hydrazone groups is 1. The third-order valence-electron chi connectivity index (χ3n) is 2.16. The van der Waals surface area contributed by atoms with Crippen molar-refractivity contribution in [3.05, 3.63) is 29.8 Å². The summed E-state index contributed by atoms with van der Waals surface area (Å²) < 4.78 is 5.08. The molecule has 0 bridgehead atoms. The second kappa shape index (κ2) is 6.20. The predicted octanol–water partition coefficient (Wildman–Crippen LogP) is 1.81. The van der Waals surface area contributed by atoms with Crippen LogP contribution < -0.4 is 4.74 Å². The molecule has 0 heterocycles. The Hall–Kier alpha value is -1.62. The molecule has 0 aliphatic carbocycles. The predicted molar refractivity (Wildman–Crippen MR) is 74.6 cm³/mol. The molecule has 92 valence electrons. The van der Waals surface area contributed by atoms with E-state index < -0.39 is 0 Å². The van der Waals surface area contributed by atoms with Crippen LogP contribution in [0.3, 0.4) is 0 Å². The first-order valence-corrected chi connectivity index (χ1v) is 5.58. The van der Waals surface area contributed by atoms with E-state index in [1.165, 1.54) is 0 Å². The van der Waals surface area contributed by atoms with Gasteiger partial charge in [0.1, 0.15) is 5.75 Å². The minimum atomic E-state index is 0.662. The Balaban J connectivity index is 2.66. The lowest BCUT2D eigenvalue weighted by Gasteiger charge is -2.20. The fourth-order valence-electron chi connectivity index (χ4n) is 1.18. The van der Waals surface area contributed by atoms with E-state index in [1.54, 1.807) is 18.3 Å². The van der Waals surface area contributed by atoms with Crippen molar-refractivity contribution >= 4 is 23.5 Å². The number of thiocarbonyl (C=S) groups is 1. The summed E-state index contributed by atoms with van der Waals surface area (Å²) in [5.74, 6) is 0.833. The SMILES string of the molecule is COc1ccc(C=NN(C)C(=S)N(C)C)cc1. The summed E-state index contributed by atoms with van der Waals surface area (Å²) in [7, 11) is 7.25. The summed E-state index contributed by atoms with van der Waals surface area (Å²) in [6.07, 6.45) is 1.76. The molecule has 1 rings (SSSR count). The number of ether oxygens (including phenoxy) is 1. The van der Waals surface area contributed by atoms with Gasteiger partial charge >= 0.3 is 0 Å². The highest BCUT2D eigenvalue weighted by molar-refractivity contribution is 7.80. The van der Waals surface area contributed by atoms with Gasteiger partial charge in [-0.25, -0.2) is 5.01 Å². The number of methoxy groups -OCH3 is 1. The smallest absolute Gasteiger partial charge is 0.191 e. The van der Waals surface area contributed by atoms with Gasteiger partial charge in [-0.05, 0) is 42.0 Å². The number of hydrogen-bond acceptors (Lipinski definition) is 3. The fourth-order valence-corrected chi connectivity index (χ4v) is 1.23. The lowest BCUT2D eigenvalue weighted by Crippen LogP contribution is -2.32. The van der Waals surface area contributed by atoms with Crippen LogP contribution in [0.4, 0.5) is 0 Å². The van der Waals surface area contributed by atoms with Gasteiger partial charge in [-0.3, -0.25) is 0 Å². The maximum Gasteiger partial charge on any atom is 0.191 e. The van der Waals surface area contributed by atoms with E-state index in [-0.39, 0.29) is 0 Å². The van der Waals surface area contributed by atoms with Crippen molar-refractivity contribution in [1.82, 2.24) is 9.91 Å². The first-order valence-electron chi connectivity index (χ1n) is 5.17. The molecule has 1 aromatic rings. The van der Waals surface area contributed by atoms with Crippen molar-refractivity contribution in [2.45, 2.75) is 0 Å². The molecule has 0 saturated carbocycles. The monoisotopic (exact) mass is 251 g/mol. The van der Waals surface area contributed by atoms with Crippen molar-refractivity contribution in [1.29, 1.82) is 0 Å². The van der Waals surface area contributed by atoms with E-state index in [4.69, 9.17) is 17.0 Å². The second-order valence-electron chi connectivity index (χ2n) is 3.72. The maximum atomic E-state index is 5.17. The van der Waals surface area contributed by atoms with Gasteiger partial charge in [0.05, 0.1) is 13.3 Å². The highest BCUT2D eigenvalue weighted by Gasteiger charge is 2.02. The Labute approximate surface area is 107 Å². The van der Waals surface area contributed by atoms with Crippen LogP contribution in [0.25, 0.3) is 0 Å². The Bertz CT molecular complexity index is 401. The zero-order chi connectivity index (χ0) is 12.8. The summed E-state index contributed by atoms with van der Waals surface area (Å²) in [4.78, 5) is 1.83. The molecule has 5 heteroatoms. The third-order valence-corrected chi connectivity index (χ3v) is 2.78. The lowest BCUT2D eigenvalue weighted by atomic mass is 10.2. The Morgan fingerprint density at radius 3 is 2.29 bits per heavy atom. The van der Waals surface area contributed by atoms with Gasteiger partial charge in [-0.15, -0.1) is 0 Å². The van der Waals surface area contributed by atoms with Crippen molar-refractivity contribution in [3.63, 3.8) is 0 Å². The van der Waals surface area contributed by atoms with E-state index in [9.17, 15) is 0 Å². The average Bonchev–Trinajstić information content (AvgIpc) is 2.35. The van der Waals surface area contributed by atoms with Crippen LogP contribution in [0.2, 0.25) is 0 Å². The zero-order valence-corrected chi connectivity index (χ0v) is 11.4. The van der Waals surface area contributed by atoms with Crippen molar-refractivity contribution in [2.24, 2.45) is 5.10 Å². The minimum absolute atomic E-state index is 0.662. The van der Waals surface area contributed by atoms with Gasteiger partial charge in [0.2, 0.25) is 0 Å². The van der Waals surface area contributed by atoms with Gasteiger partial charge in [0, 0.05) is 21.1 Å². The fraction of sp³-hybridized carbons (Fsp3) is 0.333. The van der Waals surface area contributed by atoms with Crippen LogP contribution in [-0.4, -0.2) is 49.5 Å². The molecule has 0 unspecified atom stereocenters. The summed E-state index contributed by atoms with van der Waals surface area (Å²) in [5, 5.41) is 6.57. The Kier molecular flexibility index (Phi) is 4.90. The molecule has 0 fully saturated rings. The molecule has 0 spiro atoms. The zero-order valence-electron chi connectivity index (χ0n) is 10.5. The van der Waals surface area contributed by atoms with E-state index in [0.29, 0.717) is 5.11 Å². The Morgan fingerprint density at radius 1 is 1.24 bits per heavy atom. The normalized spacial score (nSPS) is 10.4. The van der Waals surface area contributed by atoms with E-state index in [0.717, 1.165) is 11.3 Å². The molecule has 0 aliphatic rings. The largest absolute Gasteiger partial charge is 0.497 e. The van der Waals surface area contributed by atoms with Crippen molar-refractivity contribution < 1.29 is 4.74 Å². The molecular formula is C12H17N3OS. The maximum absolute atomic E-state index is 5.17. The van der Waals surface area contributed by atoms with Crippen LogP contribution in [-0.2, 0) is 0 Å². The molecule has 0 aliphatic heterocycles. The third kappa shape index (κ3) is 4.03. The van der Waals surface area contributed by atoms with E-state index in [2.05, 4.69) is 5.10 Å². The molecule has 0 amide bonds. The van der Waals surface area contributed by atoms with Crippen LogP contribution in [0.1, 0.15) is 5.56 Å². The highest BCUT2D eigenvalue weighted by atomic mass is 32.1. The summed E-state index contributed by atoms with van der Waals surface area (Å²) in [6, 6.07) is 7.67. The molecule has 0 aromatic heterocycles. The number of benzene rings is 1. The quantitative estimate of drug-likeness (QED) is 0.465. The van der Waals surface area contributed by atoms with Gasteiger partial charge < -0.3 is 9.64 Å². The van der Waals surface area contributed by atoms with Gasteiger partial charge in [-0.2, -0.15) is 5.10 Å². The summed E-state index contributed by atoms with van der Waals surface area (Å²) in [5.41, 5.74) is 0.999. The molecule has 0 saturated heterocycles. The van der Waals surface area contributed by atoms with Crippen LogP contribution in [0, 0.1) is 0 Å². The van der Waals surface area contributed by atoms with Crippen molar-refractivity contribution in [3.8, 4) is 5.75 Å². The molecule has 0 atom stereocenters. The highest BCUT2D eigenvalue weighted by Crippen LogP contribution is 2.09. The molecule has 0 N–H and O–H groups in total. The standard InChI is InChI=1S/C12H17N3OS/c1-14(2)12(17)15(3)13-9-10-5-7-11(16-4)8-6-10/h5-9H,1-4H3. The summed E-state index contributed by atoms with van der Waals surface area (Å²) >= 11 is 5.17. The molecular weight excluding hydrogens is 234 g/mol. The number of rotatable bonds is 3. The van der Waals surface area contributed by atoms with E-state index >= 15 is 0 Å². The summed E-state index contributed by atoms with van der Waals surface area (Å²) in [6.45, 7) is 0. The molecule has 1 aromatic carbocycles. The average molecular weight is 251 g/mol. The van der Waals surface area contributed by atoms with Gasteiger partial charge in [-0.1, -0.05) is 0 Å². The topological polar surface area (TPSA) is 28.1 Å². The van der Waals surface area contributed by atoms with Gasteiger partial charge in [0.25, 0.3) is 0 Å². The van der Waals surface area contributed by atoms with Crippen LogP contribution >= 0.6 is 12.2 Å². The number of hydrogen-bond donors (Lipinski definition) is 0. The first-order chi connectivity index (χ1) is 8.04. The second-order valence-corrected chi connectivity index (χ2v) is 4.08. The minimum Gasteiger partial charge on any atom is -0.497 e. The van der Waals surface area contributed by atoms with Gasteiger partial charge in [0.15, 0.2) is 5.11 Å². The van der Waals surface area contributed by atoms with Crippen LogP contribution in [0.15, 0.2) is 29.4 Å².